The van der Waals surface area contributed by atoms with Crippen LogP contribution in [-0.4, -0.2) is 28.3 Å². The molecule has 0 spiro atoms. The fraction of sp³-hybridized carbons (Fsp3) is 0.250. The number of allylic oxidation sites excluding steroid dienone is 2. The average molecular weight is 313 g/mol. The Balaban J connectivity index is 2.01. The SMILES string of the molecule is CCC1=C(C=O)c2c(nc(Sc3cccnc3)nc2OC)C1. The van der Waals surface area contributed by atoms with Gasteiger partial charge >= 0.3 is 0 Å². The summed E-state index contributed by atoms with van der Waals surface area (Å²) >= 11 is 1.43. The third-order valence-corrected chi connectivity index (χ3v) is 4.39. The molecule has 2 heterocycles. The van der Waals surface area contributed by atoms with Gasteiger partial charge in [-0.1, -0.05) is 12.5 Å². The molecule has 0 bridgehead atoms. The first-order chi connectivity index (χ1) is 10.8. The van der Waals surface area contributed by atoms with Crippen molar-refractivity contribution < 1.29 is 9.53 Å². The number of rotatable bonds is 5. The minimum absolute atomic E-state index is 0.460. The van der Waals surface area contributed by atoms with E-state index in [2.05, 4.69) is 15.0 Å². The summed E-state index contributed by atoms with van der Waals surface area (Å²) in [5.74, 6) is 0.460. The van der Waals surface area contributed by atoms with Gasteiger partial charge in [-0.05, 0) is 30.3 Å². The number of hydrogen-bond acceptors (Lipinski definition) is 6. The van der Waals surface area contributed by atoms with Crippen molar-refractivity contribution in [1.82, 2.24) is 15.0 Å². The molecular weight excluding hydrogens is 298 g/mol. The molecule has 0 aromatic carbocycles. The van der Waals surface area contributed by atoms with E-state index in [1.807, 2.05) is 19.1 Å². The summed E-state index contributed by atoms with van der Waals surface area (Å²) < 4.78 is 5.39. The van der Waals surface area contributed by atoms with E-state index in [9.17, 15) is 4.79 Å². The maximum absolute atomic E-state index is 11.4. The fourth-order valence-corrected chi connectivity index (χ4v) is 3.25. The lowest BCUT2D eigenvalue weighted by Gasteiger charge is -2.09. The number of aromatic nitrogens is 3. The van der Waals surface area contributed by atoms with Gasteiger partial charge in [0.05, 0.1) is 18.4 Å². The van der Waals surface area contributed by atoms with Gasteiger partial charge in [0.1, 0.15) is 0 Å². The van der Waals surface area contributed by atoms with Crippen molar-refractivity contribution in [3.63, 3.8) is 0 Å². The number of hydrogen-bond donors (Lipinski definition) is 0. The molecule has 0 radical (unpaired) electrons. The van der Waals surface area contributed by atoms with Gasteiger partial charge in [-0.15, -0.1) is 0 Å². The van der Waals surface area contributed by atoms with E-state index in [-0.39, 0.29) is 0 Å². The summed E-state index contributed by atoms with van der Waals surface area (Å²) in [6.45, 7) is 2.04. The van der Waals surface area contributed by atoms with Gasteiger partial charge in [0.25, 0.3) is 0 Å². The highest BCUT2D eigenvalue weighted by atomic mass is 32.2. The van der Waals surface area contributed by atoms with Crippen LogP contribution < -0.4 is 4.74 Å². The van der Waals surface area contributed by atoms with Crippen molar-refractivity contribution in [3.8, 4) is 5.88 Å². The molecule has 5 nitrogen and oxygen atoms in total. The maximum atomic E-state index is 11.4. The summed E-state index contributed by atoms with van der Waals surface area (Å²) in [7, 11) is 1.56. The normalized spacial score (nSPS) is 13.2. The number of methoxy groups -OCH3 is 1. The molecule has 0 N–H and O–H groups in total. The lowest BCUT2D eigenvalue weighted by atomic mass is 10.1. The van der Waals surface area contributed by atoms with Gasteiger partial charge in [0, 0.05) is 29.3 Å². The van der Waals surface area contributed by atoms with Crippen molar-refractivity contribution in [2.45, 2.75) is 29.8 Å². The lowest BCUT2D eigenvalue weighted by molar-refractivity contribution is -0.103. The van der Waals surface area contributed by atoms with Crippen LogP contribution >= 0.6 is 11.8 Å². The van der Waals surface area contributed by atoms with Gasteiger partial charge in [-0.25, -0.2) is 4.98 Å². The van der Waals surface area contributed by atoms with Crippen molar-refractivity contribution >= 4 is 23.6 Å². The number of carbonyl (C=O) groups is 1. The smallest absolute Gasteiger partial charge is 0.225 e. The van der Waals surface area contributed by atoms with Crippen molar-refractivity contribution in [2.24, 2.45) is 0 Å². The maximum Gasteiger partial charge on any atom is 0.225 e. The molecular formula is C16H15N3O2S. The Morgan fingerprint density at radius 2 is 2.27 bits per heavy atom. The van der Waals surface area contributed by atoms with Crippen LogP contribution in [-0.2, 0) is 11.2 Å². The van der Waals surface area contributed by atoms with Crippen LogP contribution in [0, 0.1) is 0 Å². The Morgan fingerprint density at radius 1 is 1.41 bits per heavy atom. The summed E-state index contributed by atoms with van der Waals surface area (Å²) in [4.78, 5) is 25.5. The number of carbonyl (C=O) groups excluding carboxylic acids is 1. The molecule has 0 fully saturated rings. The van der Waals surface area contributed by atoms with E-state index in [1.165, 1.54) is 11.8 Å². The van der Waals surface area contributed by atoms with Crippen LogP contribution in [0.3, 0.4) is 0 Å². The molecule has 0 atom stereocenters. The zero-order valence-corrected chi connectivity index (χ0v) is 13.2. The topological polar surface area (TPSA) is 65.0 Å². The van der Waals surface area contributed by atoms with Crippen LogP contribution in [0.5, 0.6) is 5.88 Å². The number of aldehydes is 1. The molecule has 0 unspecified atom stereocenters. The molecule has 0 saturated heterocycles. The molecule has 1 aliphatic rings. The first-order valence-electron chi connectivity index (χ1n) is 6.97. The quantitative estimate of drug-likeness (QED) is 0.624. The van der Waals surface area contributed by atoms with E-state index in [0.717, 1.165) is 34.4 Å². The average Bonchev–Trinajstić information content (AvgIpc) is 2.92. The van der Waals surface area contributed by atoms with Gasteiger partial charge < -0.3 is 4.74 Å². The third kappa shape index (κ3) is 2.62. The van der Waals surface area contributed by atoms with Crippen molar-refractivity contribution in [3.05, 3.63) is 41.4 Å². The molecule has 1 aliphatic carbocycles. The Labute approximate surface area is 132 Å². The first-order valence-corrected chi connectivity index (χ1v) is 7.78. The van der Waals surface area contributed by atoms with E-state index < -0.39 is 0 Å². The summed E-state index contributed by atoms with van der Waals surface area (Å²) in [5, 5.41) is 0.603. The highest BCUT2D eigenvalue weighted by Crippen LogP contribution is 2.39. The van der Waals surface area contributed by atoms with Gasteiger partial charge in [0.15, 0.2) is 11.4 Å². The van der Waals surface area contributed by atoms with Crippen LogP contribution in [0.4, 0.5) is 0 Å². The summed E-state index contributed by atoms with van der Waals surface area (Å²) in [5.41, 5.74) is 3.36. The molecule has 2 aromatic heterocycles. The number of nitrogens with zero attached hydrogens (tertiary/aromatic N) is 3. The number of fused-ring (bicyclic) bond motifs is 1. The Morgan fingerprint density at radius 3 is 2.91 bits per heavy atom. The summed E-state index contributed by atoms with van der Waals surface area (Å²) in [6, 6.07) is 3.82. The van der Waals surface area contributed by atoms with Gasteiger partial charge in [-0.2, -0.15) is 4.98 Å². The van der Waals surface area contributed by atoms with E-state index in [4.69, 9.17) is 4.74 Å². The molecule has 0 saturated carbocycles. The second kappa shape index (κ2) is 6.27. The first kappa shape index (κ1) is 14.7. The Hall–Kier alpha value is -2.21. The van der Waals surface area contributed by atoms with Crippen LogP contribution in [0.15, 0.2) is 40.2 Å². The highest BCUT2D eigenvalue weighted by molar-refractivity contribution is 7.99. The molecule has 6 heteroatoms. The Kier molecular flexibility index (Phi) is 4.20. The standard InChI is InChI=1S/C16H15N3O2S/c1-3-10-7-13-14(12(10)9-20)15(21-2)19-16(18-13)22-11-5-4-6-17-8-11/h4-6,8-9H,3,7H2,1-2H3. The van der Waals surface area contributed by atoms with Gasteiger partial charge in [0.2, 0.25) is 5.88 Å². The van der Waals surface area contributed by atoms with Crippen LogP contribution in [0.25, 0.3) is 5.57 Å². The summed E-state index contributed by atoms with van der Waals surface area (Å²) in [6.07, 6.45) is 5.87. The second-order valence-electron chi connectivity index (χ2n) is 4.79. The molecule has 0 amide bonds. The van der Waals surface area contributed by atoms with E-state index in [0.29, 0.717) is 23.0 Å². The third-order valence-electron chi connectivity index (χ3n) is 3.54. The predicted octanol–water partition coefficient (Wildman–Crippen LogP) is 2.95. The molecule has 22 heavy (non-hydrogen) atoms. The number of ether oxygens (including phenoxy) is 1. The van der Waals surface area contributed by atoms with E-state index >= 15 is 0 Å². The zero-order valence-electron chi connectivity index (χ0n) is 12.4. The highest BCUT2D eigenvalue weighted by Gasteiger charge is 2.27. The van der Waals surface area contributed by atoms with Crippen molar-refractivity contribution in [2.75, 3.05) is 7.11 Å². The van der Waals surface area contributed by atoms with E-state index in [1.54, 1.807) is 19.5 Å². The number of pyridine rings is 1. The molecule has 112 valence electrons. The van der Waals surface area contributed by atoms with Crippen molar-refractivity contribution in [1.29, 1.82) is 0 Å². The second-order valence-corrected chi connectivity index (χ2v) is 5.83. The minimum atomic E-state index is 0.460. The molecule has 2 aromatic rings. The molecule has 0 aliphatic heterocycles. The largest absolute Gasteiger partial charge is 0.480 e. The minimum Gasteiger partial charge on any atom is -0.480 e. The van der Waals surface area contributed by atoms with Crippen LogP contribution in [0.2, 0.25) is 0 Å². The lowest BCUT2D eigenvalue weighted by Crippen LogP contribution is -2.01. The Bertz CT molecular complexity index is 745. The van der Waals surface area contributed by atoms with Crippen LogP contribution in [0.1, 0.15) is 24.6 Å². The molecule has 3 rings (SSSR count). The fourth-order valence-electron chi connectivity index (χ4n) is 2.50. The van der Waals surface area contributed by atoms with Gasteiger partial charge in [-0.3, -0.25) is 9.78 Å². The predicted molar refractivity (Wildman–Crippen MR) is 83.9 cm³/mol. The monoisotopic (exact) mass is 313 g/mol. The zero-order chi connectivity index (χ0) is 15.5.